The molecule has 0 aromatic heterocycles. The molecule has 0 spiro atoms. The van der Waals surface area contributed by atoms with Crippen LogP contribution in [0.15, 0.2) is 49.0 Å². The first-order valence-electron chi connectivity index (χ1n) is 6.99. The Morgan fingerprint density at radius 2 is 1.96 bits per heavy atom. The third kappa shape index (κ3) is 3.78. The lowest BCUT2D eigenvalue weighted by atomic mass is 9.97. The quantitative estimate of drug-likeness (QED) is 0.633. The van der Waals surface area contributed by atoms with E-state index < -0.39 is 17.0 Å². The molecule has 0 heterocycles. The second-order valence-corrected chi connectivity index (χ2v) is 5.46. The molecular weight excluding hydrogens is 335 g/mol. The van der Waals surface area contributed by atoms with Crippen LogP contribution in [0.3, 0.4) is 0 Å². The molecule has 0 aliphatic heterocycles. The highest BCUT2D eigenvalue weighted by Crippen LogP contribution is 2.34. The minimum absolute atomic E-state index is 0.176. The molecule has 2 aromatic rings. The summed E-state index contributed by atoms with van der Waals surface area (Å²) in [6.07, 6.45) is -1.72. The highest BCUT2D eigenvalue weighted by molar-refractivity contribution is 6.32. The smallest absolute Gasteiger partial charge is 0.270 e. The summed E-state index contributed by atoms with van der Waals surface area (Å²) >= 11 is 6.14. The van der Waals surface area contributed by atoms with Gasteiger partial charge in [0.25, 0.3) is 11.6 Å². The SMILES string of the molecule is C=C(c1ccccc1Cl)c1cc([N+](=O)[O-])ccc1NC(=O)C(C)F. The highest BCUT2D eigenvalue weighted by Gasteiger charge is 2.19. The number of anilines is 1. The van der Waals surface area contributed by atoms with Gasteiger partial charge < -0.3 is 5.32 Å². The molecule has 24 heavy (non-hydrogen) atoms. The van der Waals surface area contributed by atoms with Crippen molar-refractivity contribution in [2.75, 3.05) is 5.32 Å². The number of non-ortho nitro benzene ring substituents is 1. The van der Waals surface area contributed by atoms with Crippen LogP contribution in [-0.2, 0) is 4.79 Å². The molecule has 0 saturated carbocycles. The number of nitrogens with zero attached hydrogens (tertiary/aromatic N) is 1. The molecule has 124 valence electrons. The third-order valence-corrected chi connectivity index (χ3v) is 3.69. The van der Waals surface area contributed by atoms with Crippen molar-refractivity contribution in [2.24, 2.45) is 0 Å². The zero-order valence-electron chi connectivity index (χ0n) is 12.8. The van der Waals surface area contributed by atoms with Gasteiger partial charge >= 0.3 is 0 Å². The van der Waals surface area contributed by atoms with Crippen LogP contribution in [-0.4, -0.2) is 17.0 Å². The number of nitrogens with one attached hydrogen (secondary N) is 1. The second kappa shape index (κ2) is 7.23. The molecule has 0 aliphatic carbocycles. The fraction of sp³-hybridized carbons (Fsp3) is 0.118. The highest BCUT2D eigenvalue weighted by atomic mass is 35.5. The van der Waals surface area contributed by atoms with Gasteiger partial charge in [-0.2, -0.15) is 0 Å². The molecule has 1 unspecified atom stereocenters. The molecule has 0 fully saturated rings. The van der Waals surface area contributed by atoms with Crippen LogP contribution in [0, 0.1) is 10.1 Å². The van der Waals surface area contributed by atoms with Gasteiger partial charge in [-0.05, 0) is 24.6 Å². The van der Waals surface area contributed by atoms with Crippen molar-refractivity contribution < 1.29 is 14.1 Å². The summed E-state index contributed by atoms with van der Waals surface area (Å²) in [4.78, 5) is 22.1. The number of hydrogen-bond donors (Lipinski definition) is 1. The van der Waals surface area contributed by atoms with Gasteiger partial charge in [0, 0.05) is 34.0 Å². The molecule has 2 rings (SSSR count). The van der Waals surface area contributed by atoms with Crippen molar-refractivity contribution in [1.82, 2.24) is 0 Å². The van der Waals surface area contributed by atoms with Gasteiger partial charge in [-0.3, -0.25) is 14.9 Å². The Morgan fingerprint density at radius 3 is 2.54 bits per heavy atom. The summed E-state index contributed by atoms with van der Waals surface area (Å²) in [5.74, 6) is -0.850. The molecule has 7 heteroatoms. The average Bonchev–Trinajstić information content (AvgIpc) is 2.54. The number of carbonyl (C=O) groups is 1. The lowest BCUT2D eigenvalue weighted by Crippen LogP contribution is -2.21. The molecule has 0 radical (unpaired) electrons. The van der Waals surface area contributed by atoms with Crippen LogP contribution >= 0.6 is 11.6 Å². The molecule has 1 atom stereocenters. The van der Waals surface area contributed by atoms with Gasteiger partial charge in [-0.15, -0.1) is 0 Å². The van der Waals surface area contributed by atoms with E-state index in [1.54, 1.807) is 24.3 Å². The van der Waals surface area contributed by atoms with E-state index >= 15 is 0 Å². The maximum atomic E-state index is 13.1. The van der Waals surface area contributed by atoms with E-state index in [1.165, 1.54) is 18.2 Å². The molecule has 1 amide bonds. The maximum Gasteiger partial charge on any atom is 0.270 e. The normalized spacial score (nSPS) is 11.6. The average molecular weight is 349 g/mol. The van der Waals surface area contributed by atoms with Crippen molar-refractivity contribution >= 4 is 34.5 Å². The third-order valence-electron chi connectivity index (χ3n) is 3.36. The largest absolute Gasteiger partial charge is 0.323 e. The Bertz CT molecular complexity index is 821. The number of benzene rings is 2. The van der Waals surface area contributed by atoms with Crippen molar-refractivity contribution in [2.45, 2.75) is 13.1 Å². The molecule has 0 aliphatic rings. The van der Waals surface area contributed by atoms with Crippen molar-refractivity contribution in [3.63, 3.8) is 0 Å². The Kier molecular flexibility index (Phi) is 5.31. The van der Waals surface area contributed by atoms with Crippen LogP contribution in [0.2, 0.25) is 5.02 Å². The zero-order chi connectivity index (χ0) is 17.9. The van der Waals surface area contributed by atoms with Crippen LogP contribution in [0.4, 0.5) is 15.8 Å². The van der Waals surface area contributed by atoms with E-state index in [-0.39, 0.29) is 11.4 Å². The van der Waals surface area contributed by atoms with Crippen molar-refractivity contribution in [3.05, 3.63) is 75.3 Å². The summed E-state index contributed by atoms with van der Waals surface area (Å²) in [5, 5.41) is 13.8. The van der Waals surface area contributed by atoms with E-state index in [0.29, 0.717) is 21.7 Å². The predicted octanol–water partition coefficient (Wildman–Crippen LogP) is 4.61. The second-order valence-electron chi connectivity index (χ2n) is 5.05. The lowest BCUT2D eigenvalue weighted by Gasteiger charge is -2.14. The lowest BCUT2D eigenvalue weighted by molar-refractivity contribution is -0.384. The first-order chi connectivity index (χ1) is 11.3. The molecular formula is C17H14ClFN2O3. The summed E-state index contributed by atoms with van der Waals surface area (Å²) in [6, 6.07) is 10.7. The number of alkyl halides is 1. The summed E-state index contributed by atoms with van der Waals surface area (Å²) < 4.78 is 13.1. The first kappa shape index (κ1) is 17.6. The van der Waals surface area contributed by atoms with Gasteiger partial charge in [0.2, 0.25) is 0 Å². The Labute approximate surface area is 142 Å². The standard InChI is InChI=1S/C17H14ClFN2O3/c1-10(13-5-3-4-6-15(13)18)14-9-12(21(23)24)7-8-16(14)20-17(22)11(2)19/h3-9,11H,1H2,2H3,(H,20,22). The van der Waals surface area contributed by atoms with E-state index in [4.69, 9.17) is 11.6 Å². The fourth-order valence-electron chi connectivity index (χ4n) is 2.09. The molecule has 2 aromatic carbocycles. The van der Waals surface area contributed by atoms with Crippen molar-refractivity contribution in [3.8, 4) is 0 Å². The molecule has 0 bridgehead atoms. The van der Waals surface area contributed by atoms with Gasteiger partial charge in [0.1, 0.15) is 0 Å². The summed E-state index contributed by atoms with van der Waals surface area (Å²) in [7, 11) is 0. The van der Waals surface area contributed by atoms with E-state index in [1.807, 2.05) is 0 Å². The molecule has 5 nitrogen and oxygen atoms in total. The molecule has 1 N–H and O–H groups in total. The number of amides is 1. The summed E-state index contributed by atoms with van der Waals surface area (Å²) in [6.45, 7) is 5.02. The zero-order valence-corrected chi connectivity index (χ0v) is 13.5. The minimum atomic E-state index is -1.72. The number of rotatable bonds is 5. The molecule has 0 saturated heterocycles. The van der Waals surface area contributed by atoms with Crippen molar-refractivity contribution in [1.29, 1.82) is 0 Å². The Hall–Kier alpha value is -2.73. The number of nitro benzene ring substituents is 1. The number of carbonyl (C=O) groups excluding carboxylic acids is 1. The maximum absolute atomic E-state index is 13.1. The van der Waals surface area contributed by atoms with E-state index in [2.05, 4.69) is 11.9 Å². The van der Waals surface area contributed by atoms with Crippen LogP contribution in [0.25, 0.3) is 5.57 Å². The fourth-order valence-corrected chi connectivity index (χ4v) is 2.34. The van der Waals surface area contributed by atoms with Gasteiger partial charge in [0.15, 0.2) is 6.17 Å². The topological polar surface area (TPSA) is 72.2 Å². The minimum Gasteiger partial charge on any atom is -0.323 e. The Balaban J connectivity index is 2.54. The number of hydrogen-bond acceptors (Lipinski definition) is 3. The first-order valence-corrected chi connectivity index (χ1v) is 7.36. The number of nitro groups is 1. The summed E-state index contributed by atoms with van der Waals surface area (Å²) in [5.41, 5.74) is 1.28. The van der Waals surface area contributed by atoms with Crippen LogP contribution in [0.5, 0.6) is 0 Å². The van der Waals surface area contributed by atoms with Gasteiger partial charge in [-0.25, -0.2) is 4.39 Å². The Morgan fingerprint density at radius 1 is 1.29 bits per heavy atom. The van der Waals surface area contributed by atoms with Crippen LogP contribution < -0.4 is 5.32 Å². The van der Waals surface area contributed by atoms with Crippen LogP contribution in [0.1, 0.15) is 18.1 Å². The number of halogens is 2. The van der Waals surface area contributed by atoms with Gasteiger partial charge in [-0.1, -0.05) is 36.4 Å². The van der Waals surface area contributed by atoms with Gasteiger partial charge in [0.05, 0.1) is 4.92 Å². The monoisotopic (exact) mass is 348 g/mol. The predicted molar refractivity (Wildman–Crippen MR) is 91.9 cm³/mol. The van der Waals surface area contributed by atoms with E-state index in [9.17, 15) is 19.3 Å². The van der Waals surface area contributed by atoms with E-state index in [0.717, 1.165) is 6.92 Å².